The lowest BCUT2D eigenvalue weighted by Gasteiger charge is -2.04. The highest BCUT2D eigenvalue weighted by Gasteiger charge is 2.15. The van der Waals surface area contributed by atoms with Gasteiger partial charge in [0.25, 0.3) is 5.69 Å². The van der Waals surface area contributed by atoms with Crippen LogP contribution in [-0.2, 0) is 0 Å². The Kier molecular flexibility index (Phi) is 6.55. The fraction of sp³-hybridized carbons (Fsp3) is 0. The molecule has 136 valence electrons. The summed E-state index contributed by atoms with van der Waals surface area (Å²) in [5, 5.41) is 12.4. The second kappa shape index (κ2) is 8.89. The van der Waals surface area contributed by atoms with E-state index in [-0.39, 0.29) is 5.69 Å². The summed E-state index contributed by atoms with van der Waals surface area (Å²) < 4.78 is 0.953. The molecule has 3 aromatic rings. The molecule has 0 radical (unpaired) electrons. The summed E-state index contributed by atoms with van der Waals surface area (Å²) in [5.74, 6) is 0. The molecule has 0 unspecified atom stereocenters. The standard InChI is InChI=1S/C19H11BrCl2N2O2S/c20-13-2-4-17(5-3-13)27-19-6-1-12(7-18(19)24(25)26)11-23-16-9-14(21)8-15(22)10-16/h1-11H/b23-11+. The molecule has 0 N–H and O–H groups in total. The second-order valence-corrected chi connectivity index (χ2v) is 8.33. The third kappa shape index (κ3) is 5.56. The predicted molar refractivity (Wildman–Crippen MR) is 115 cm³/mol. The molecule has 0 aromatic heterocycles. The highest BCUT2D eigenvalue weighted by atomic mass is 79.9. The topological polar surface area (TPSA) is 55.5 Å². The van der Waals surface area contributed by atoms with Gasteiger partial charge in [-0.3, -0.25) is 15.1 Å². The van der Waals surface area contributed by atoms with Gasteiger partial charge in [0.2, 0.25) is 0 Å². The Hall–Kier alpha value is -1.86. The van der Waals surface area contributed by atoms with E-state index in [2.05, 4.69) is 20.9 Å². The molecule has 0 heterocycles. The van der Waals surface area contributed by atoms with Crippen molar-refractivity contribution < 1.29 is 4.92 Å². The molecular formula is C19H11BrCl2N2O2S. The van der Waals surface area contributed by atoms with Gasteiger partial charge in [0.1, 0.15) is 0 Å². The lowest BCUT2D eigenvalue weighted by molar-refractivity contribution is -0.387. The average Bonchev–Trinajstić information content (AvgIpc) is 2.62. The zero-order valence-electron chi connectivity index (χ0n) is 13.6. The van der Waals surface area contributed by atoms with E-state index in [0.29, 0.717) is 26.2 Å². The van der Waals surface area contributed by atoms with Crippen LogP contribution in [0.5, 0.6) is 0 Å². The molecule has 0 atom stereocenters. The Morgan fingerprint density at radius 3 is 2.30 bits per heavy atom. The number of rotatable bonds is 5. The van der Waals surface area contributed by atoms with Crippen molar-refractivity contribution in [3.63, 3.8) is 0 Å². The Bertz CT molecular complexity index is 1010. The van der Waals surface area contributed by atoms with Crippen LogP contribution < -0.4 is 0 Å². The van der Waals surface area contributed by atoms with E-state index in [9.17, 15) is 10.1 Å². The normalized spacial score (nSPS) is 11.1. The smallest absolute Gasteiger partial charge is 0.258 e. The summed E-state index contributed by atoms with van der Waals surface area (Å²) in [6.07, 6.45) is 1.54. The minimum absolute atomic E-state index is 0.0241. The molecule has 0 spiro atoms. The molecule has 0 aliphatic rings. The molecule has 8 heteroatoms. The SMILES string of the molecule is O=[N+]([O-])c1cc(/C=N/c2cc(Cl)cc(Cl)c2)ccc1Sc1ccc(Br)cc1. The van der Waals surface area contributed by atoms with E-state index >= 15 is 0 Å². The summed E-state index contributed by atoms with van der Waals surface area (Å²) in [4.78, 5) is 16.9. The van der Waals surface area contributed by atoms with Gasteiger partial charge in [-0.25, -0.2) is 0 Å². The number of halogens is 3. The van der Waals surface area contributed by atoms with E-state index < -0.39 is 4.92 Å². The van der Waals surface area contributed by atoms with E-state index in [1.54, 1.807) is 36.5 Å². The molecule has 4 nitrogen and oxygen atoms in total. The highest BCUT2D eigenvalue weighted by molar-refractivity contribution is 9.10. The number of aliphatic imine (C=N–C) groups is 1. The van der Waals surface area contributed by atoms with Gasteiger partial charge in [-0.1, -0.05) is 57.0 Å². The fourth-order valence-corrected chi connectivity index (χ4v) is 3.92. The van der Waals surface area contributed by atoms with Crippen molar-refractivity contribution in [1.29, 1.82) is 0 Å². The van der Waals surface area contributed by atoms with Crippen LogP contribution in [0.1, 0.15) is 5.56 Å². The van der Waals surface area contributed by atoms with Crippen LogP contribution in [0.15, 0.2) is 79.9 Å². The Labute approximate surface area is 178 Å². The number of hydrogen-bond acceptors (Lipinski definition) is 4. The van der Waals surface area contributed by atoms with Crippen LogP contribution in [0, 0.1) is 10.1 Å². The molecule has 0 aliphatic carbocycles. The van der Waals surface area contributed by atoms with E-state index in [1.165, 1.54) is 17.8 Å². The van der Waals surface area contributed by atoms with Crippen molar-refractivity contribution in [1.82, 2.24) is 0 Å². The van der Waals surface area contributed by atoms with Gasteiger partial charge in [0, 0.05) is 31.7 Å². The fourth-order valence-electron chi connectivity index (χ4n) is 2.24. The molecule has 0 saturated heterocycles. The molecule has 3 rings (SSSR count). The lowest BCUT2D eigenvalue weighted by atomic mass is 10.2. The van der Waals surface area contributed by atoms with Gasteiger partial charge in [-0.15, -0.1) is 0 Å². The maximum absolute atomic E-state index is 11.5. The zero-order chi connectivity index (χ0) is 19.4. The van der Waals surface area contributed by atoms with Crippen LogP contribution in [-0.4, -0.2) is 11.1 Å². The minimum atomic E-state index is -0.394. The Morgan fingerprint density at radius 1 is 1.00 bits per heavy atom. The van der Waals surface area contributed by atoms with Crippen LogP contribution in [0.4, 0.5) is 11.4 Å². The number of nitro groups is 1. The van der Waals surface area contributed by atoms with Gasteiger partial charge in [0.05, 0.1) is 15.5 Å². The van der Waals surface area contributed by atoms with Crippen LogP contribution in [0.25, 0.3) is 0 Å². The third-order valence-electron chi connectivity index (χ3n) is 3.43. The largest absolute Gasteiger partial charge is 0.283 e. The van der Waals surface area contributed by atoms with Crippen molar-refractivity contribution in [2.45, 2.75) is 9.79 Å². The summed E-state index contributed by atoms with van der Waals surface area (Å²) >= 11 is 16.6. The molecule has 0 bridgehead atoms. The summed E-state index contributed by atoms with van der Waals surface area (Å²) in [7, 11) is 0. The number of nitrogens with zero attached hydrogens (tertiary/aromatic N) is 2. The van der Waals surface area contributed by atoms with Gasteiger partial charge in [0.15, 0.2) is 0 Å². The lowest BCUT2D eigenvalue weighted by Crippen LogP contribution is -1.93. The van der Waals surface area contributed by atoms with Crippen molar-refractivity contribution >= 4 is 68.5 Å². The van der Waals surface area contributed by atoms with Crippen molar-refractivity contribution in [2.24, 2.45) is 4.99 Å². The van der Waals surface area contributed by atoms with Crippen molar-refractivity contribution in [2.75, 3.05) is 0 Å². The molecule has 27 heavy (non-hydrogen) atoms. The molecule has 0 fully saturated rings. The first-order valence-corrected chi connectivity index (χ1v) is 9.99. The second-order valence-electron chi connectivity index (χ2n) is 5.43. The molecule has 0 amide bonds. The van der Waals surface area contributed by atoms with E-state index in [1.807, 2.05) is 24.3 Å². The van der Waals surface area contributed by atoms with E-state index in [4.69, 9.17) is 23.2 Å². The first-order chi connectivity index (χ1) is 12.9. The van der Waals surface area contributed by atoms with Crippen molar-refractivity contribution in [3.05, 3.63) is 90.9 Å². The maximum Gasteiger partial charge on any atom is 0.283 e. The summed E-state index contributed by atoms with van der Waals surface area (Å²) in [6.45, 7) is 0. The number of hydrogen-bond donors (Lipinski definition) is 0. The average molecular weight is 482 g/mol. The summed E-state index contributed by atoms with van der Waals surface area (Å²) in [6, 6.07) is 17.5. The molecule has 0 aliphatic heterocycles. The van der Waals surface area contributed by atoms with Crippen LogP contribution in [0.3, 0.4) is 0 Å². The van der Waals surface area contributed by atoms with Gasteiger partial charge in [-0.2, -0.15) is 0 Å². The van der Waals surface area contributed by atoms with Crippen LogP contribution in [0.2, 0.25) is 10.0 Å². The maximum atomic E-state index is 11.5. The van der Waals surface area contributed by atoms with Crippen molar-refractivity contribution in [3.8, 4) is 0 Å². The van der Waals surface area contributed by atoms with E-state index in [0.717, 1.165) is 9.37 Å². The Balaban J connectivity index is 1.87. The molecular weight excluding hydrogens is 471 g/mol. The quantitative estimate of drug-likeness (QED) is 0.214. The third-order valence-corrected chi connectivity index (χ3v) is 5.47. The molecule has 3 aromatic carbocycles. The monoisotopic (exact) mass is 480 g/mol. The predicted octanol–water partition coefficient (Wildman–Crippen LogP) is 7.57. The Morgan fingerprint density at radius 2 is 1.67 bits per heavy atom. The van der Waals surface area contributed by atoms with Gasteiger partial charge in [-0.05, 0) is 54.1 Å². The zero-order valence-corrected chi connectivity index (χ0v) is 17.5. The highest BCUT2D eigenvalue weighted by Crippen LogP contribution is 2.35. The number of benzene rings is 3. The van der Waals surface area contributed by atoms with Gasteiger partial charge < -0.3 is 0 Å². The first kappa shape index (κ1) is 19.9. The molecule has 0 saturated carbocycles. The first-order valence-electron chi connectivity index (χ1n) is 7.63. The summed E-state index contributed by atoms with van der Waals surface area (Å²) in [5.41, 5.74) is 1.21. The minimum Gasteiger partial charge on any atom is -0.258 e. The van der Waals surface area contributed by atoms with Crippen LogP contribution >= 0.6 is 50.9 Å². The number of nitro benzene ring substituents is 1. The van der Waals surface area contributed by atoms with Gasteiger partial charge >= 0.3 is 0 Å².